The average Bonchev–Trinajstić information content (AvgIpc) is 2.80. The Hall–Kier alpha value is -1.59. The van der Waals surface area contributed by atoms with Crippen molar-refractivity contribution in [2.75, 3.05) is 0 Å². The molecule has 0 bridgehead atoms. The zero-order valence-electron chi connectivity index (χ0n) is 23.1. The van der Waals surface area contributed by atoms with Crippen molar-refractivity contribution in [3.05, 3.63) is 59.3 Å². The summed E-state index contributed by atoms with van der Waals surface area (Å²) in [6.07, 6.45) is 13.3. The first kappa shape index (κ1) is 30.0. The standard InChI is InChI=1S/C32H47F3O2/c1-22(21-31(5,37)32(33,34)35)11-6-7-12-23(2)27-15-9-16-28-26(14-10-20-30(27,28)4)19-18-25-13-8-17-29(36)24(25)3/h15,18-19,23,28-29,36-37H,1,3,6-14,16-17,20-21H2,2,4-5H3/b25-18-,26-19+. The van der Waals surface area contributed by atoms with Gasteiger partial charge in [-0.3, -0.25) is 0 Å². The molecule has 2 nitrogen and oxygen atoms in total. The predicted octanol–water partition coefficient (Wildman–Crippen LogP) is 8.92. The van der Waals surface area contributed by atoms with E-state index in [1.165, 1.54) is 30.4 Å². The maximum Gasteiger partial charge on any atom is 0.417 e. The first-order valence-electron chi connectivity index (χ1n) is 14.2. The fraction of sp³-hybridized carbons (Fsp3) is 0.688. The molecule has 5 heteroatoms. The SMILES string of the molecule is C=C(CCCCC(C)C1=CCCC2/C(=C/C=C3/CCCC(O)C3=C)CCCC12C)CC(C)(O)C(F)(F)F. The Morgan fingerprint density at radius 3 is 2.62 bits per heavy atom. The van der Waals surface area contributed by atoms with Gasteiger partial charge in [0.25, 0.3) is 0 Å². The second kappa shape index (κ2) is 12.1. The summed E-state index contributed by atoms with van der Waals surface area (Å²) in [4.78, 5) is 0. The number of alkyl halides is 3. The van der Waals surface area contributed by atoms with Crippen LogP contribution in [0.25, 0.3) is 0 Å². The molecule has 0 heterocycles. The summed E-state index contributed by atoms with van der Waals surface area (Å²) >= 11 is 0. The van der Waals surface area contributed by atoms with E-state index < -0.39 is 24.3 Å². The van der Waals surface area contributed by atoms with Gasteiger partial charge in [-0.15, -0.1) is 0 Å². The first-order chi connectivity index (χ1) is 17.3. The number of fused-ring (bicyclic) bond motifs is 1. The summed E-state index contributed by atoms with van der Waals surface area (Å²) in [5.41, 5.74) is 3.06. The molecule has 2 saturated carbocycles. The lowest BCUT2D eigenvalue weighted by molar-refractivity contribution is -0.252. The van der Waals surface area contributed by atoms with Gasteiger partial charge in [-0.25, -0.2) is 0 Å². The van der Waals surface area contributed by atoms with Crippen LogP contribution >= 0.6 is 0 Å². The second-order valence-electron chi connectivity index (χ2n) is 12.3. The van der Waals surface area contributed by atoms with Gasteiger partial charge in [0, 0.05) is 6.42 Å². The molecule has 2 N–H and O–H groups in total. The highest BCUT2D eigenvalue weighted by Gasteiger charge is 2.49. The Labute approximate surface area is 222 Å². The van der Waals surface area contributed by atoms with Crippen LogP contribution in [0.4, 0.5) is 13.2 Å². The van der Waals surface area contributed by atoms with Crippen molar-refractivity contribution < 1.29 is 23.4 Å². The lowest BCUT2D eigenvalue weighted by atomic mass is 9.55. The molecule has 5 unspecified atom stereocenters. The van der Waals surface area contributed by atoms with Crippen molar-refractivity contribution in [3.8, 4) is 0 Å². The summed E-state index contributed by atoms with van der Waals surface area (Å²) in [5.74, 6) is 0.969. The van der Waals surface area contributed by atoms with E-state index in [1.54, 1.807) is 5.57 Å². The Morgan fingerprint density at radius 1 is 1.19 bits per heavy atom. The van der Waals surface area contributed by atoms with Crippen molar-refractivity contribution in [1.82, 2.24) is 0 Å². The minimum Gasteiger partial charge on any atom is -0.388 e. The quantitative estimate of drug-likeness (QED) is 0.235. The Morgan fingerprint density at radius 2 is 1.92 bits per heavy atom. The minimum absolute atomic E-state index is 0.151. The molecule has 0 aromatic carbocycles. The highest BCUT2D eigenvalue weighted by Crippen LogP contribution is 2.55. The third-order valence-electron chi connectivity index (χ3n) is 9.25. The lowest BCUT2D eigenvalue weighted by Gasteiger charge is -2.49. The molecule has 0 radical (unpaired) electrons. The van der Waals surface area contributed by atoms with E-state index in [0.29, 0.717) is 23.8 Å². The van der Waals surface area contributed by atoms with E-state index in [0.717, 1.165) is 63.9 Å². The molecule has 2 fully saturated rings. The molecule has 0 saturated heterocycles. The summed E-state index contributed by atoms with van der Waals surface area (Å²) in [6, 6.07) is 0. The predicted molar refractivity (Wildman–Crippen MR) is 146 cm³/mol. The molecule has 208 valence electrons. The molecule has 5 atom stereocenters. The number of halogens is 3. The first-order valence-corrected chi connectivity index (χ1v) is 14.2. The monoisotopic (exact) mass is 520 g/mol. The largest absolute Gasteiger partial charge is 0.417 e. The molecule has 0 aromatic rings. The van der Waals surface area contributed by atoms with E-state index in [-0.39, 0.29) is 5.41 Å². The van der Waals surface area contributed by atoms with E-state index in [4.69, 9.17) is 0 Å². The van der Waals surface area contributed by atoms with Crippen molar-refractivity contribution in [3.63, 3.8) is 0 Å². The van der Waals surface area contributed by atoms with Gasteiger partial charge in [0.15, 0.2) is 5.60 Å². The van der Waals surface area contributed by atoms with Crippen LogP contribution in [0.2, 0.25) is 0 Å². The molecular formula is C32H47F3O2. The lowest BCUT2D eigenvalue weighted by Crippen LogP contribution is -2.42. The minimum atomic E-state index is -4.64. The number of aliphatic hydroxyl groups excluding tert-OH is 1. The molecule has 0 aromatic heterocycles. The highest BCUT2D eigenvalue weighted by atomic mass is 19.4. The van der Waals surface area contributed by atoms with Crippen molar-refractivity contribution >= 4 is 0 Å². The van der Waals surface area contributed by atoms with Crippen LogP contribution in [0.3, 0.4) is 0 Å². The molecule has 3 aliphatic carbocycles. The van der Waals surface area contributed by atoms with Crippen molar-refractivity contribution in [2.24, 2.45) is 17.3 Å². The van der Waals surface area contributed by atoms with Gasteiger partial charge in [0.2, 0.25) is 0 Å². The molecule has 0 amide bonds. The number of rotatable bonds is 9. The topological polar surface area (TPSA) is 40.5 Å². The molecule has 37 heavy (non-hydrogen) atoms. The number of aliphatic hydroxyl groups is 2. The van der Waals surface area contributed by atoms with Crippen LogP contribution < -0.4 is 0 Å². The van der Waals surface area contributed by atoms with Crippen LogP contribution in [0.5, 0.6) is 0 Å². The Bertz CT molecular complexity index is 936. The van der Waals surface area contributed by atoms with Crippen molar-refractivity contribution in [1.29, 1.82) is 0 Å². The number of hydrogen-bond donors (Lipinski definition) is 2. The van der Waals surface area contributed by atoms with E-state index in [2.05, 4.69) is 45.2 Å². The summed E-state index contributed by atoms with van der Waals surface area (Å²) in [6.45, 7) is 13.5. The zero-order valence-corrected chi connectivity index (χ0v) is 23.1. The number of allylic oxidation sites excluding steroid dienone is 5. The maximum absolute atomic E-state index is 13.0. The molecule has 0 aliphatic heterocycles. The van der Waals surface area contributed by atoms with Gasteiger partial charge in [0.05, 0.1) is 6.10 Å². The summed E-state index contributed by atoms with van der Waals surface area (Å²) < 4.78 is 38.9. The average molecular weight is 521 g/mol. The van der Waals surface area contributed by atoms with Crippen LogP contribution in [0.1, 0.15) is 104 Å². The second-order valence-corrected chi connectivity index (χ2v) is 12.3. The van der Waals surface area contributed by atoms with Gasteiger partial charge in [-0.05, 0) is 106 Å². The Kier molecular flexibility index (Phi) is 9.77. The van der Waals surface area contributed by atoms with Gasteiger partial charge >= 0.3 is 6.18 Å². The fourth-order valence-corrected chi connectivity index (χ4v) is 6.96. The van der Waals surface area contributed by atoms with Crippen molar-refractivity contribution in [2.45, 2.75) is 122 Å². The molecule has 0 spiro atoms. The maximum atomic E-state index is 13.0. The van der Waals surface area contributed by atoms with Crippen LogP contribution in [0, 0.1) is 17.3 Å². The summed E-state index contributed by atoms with van der Waals surface area (Å²) in [7, 11) is 0. The molecule has 3 rings (SSSR count). The van der Waals surface area contributed by atoms with E-state index in [9.17, 15) is 23.4 Å². The Balaban J connectivity index is 1.59. The smallest absolute Gasteiger partial charge is 0.388 e. The molecule has 3 aliphatic rings. The van der Waals surface area contributed by atoms with Gasteiger partial charge in [0.1, 0.15) is 0 Å². The van der Waals surface area contributed by atoms with Crippen LogP contribution in [-0.4, -0.2) is 28.1 Å². The van der Waals surface area contributed by atoms with Gasteiger partial charge < -0.3 is 10.2 Å². The van der Waals surface area contributed by atoms with E-state index in [1.807, 2.05) is 0 Å². The molecular weight excluding hydrogens is 473 g/mol. The zero-order chi connectivity index (χ0) is 27.4. The number of unbranched alkanes of at least 4 members (excludes halogenated alkanes) is 1. The third kappa shape index (κ3) is 7.09. The van der Waals surface area contributed by atoms with Crippen LogP contribution in [-0.2, 0) is 0 Å². The van der Waals surface area contributed by atoms with E-state index >= 15 is 0 Å². The van der Waals surface area contributed by atoms with Gasteiger partial charge in [-0.1, -0.05) is 68.4 Å². The fourth-order valence-electron chi connectivity index (χ4n) is 6.96. The third-order valence-corrected chi connectivity index (χ3v) is 9.25. The van der Waals surface area contributed by atoms with Gasteiger partial charge in [-0.2, -0.15) is 13.2 Å². The number of hydrogen-bond acceptors (Lipinski definition) is 2. The summed E-state index contributed by atoms with van der Waals surface area (Å²) in [5, 5.41) is 19.9. The van der Waals surface area contributed by atoms with Crippen LogP contribution in [0.15, 0.2) is 59.3 Å². The normalized spacial score (nSPS) is 31.6. The highest BCUT2D eigenvalue weighted by molar-refractivity contribution is 5.38.